The van der Waals surface area contributed by atoms with Crippen LogP contribution in [0.3, 0.4) is 0 Å². The van der Waals surface area contributed by atoms with Gasteiger partial charge in [-0.25, -0.2) is 0 Å². The van der Waals surface area contributed by atoms with E-state index in [1.54, 1.807) is 0 Å². The van der Waals surface area contributed by atoms with Gasteiger partial charge < -0.3 is 4.43 Å². The van der Waals surface area contributed by atoms with Crippen molar-refractivity contribution in [3.63, 3.8) is 0 Å². The maximum absolute atomic E-state index is 6.77. The summed E-state index contributed by atoms with van der Waals surface area (Å²) in [6, 6.07) is 11.1. The second kappa shape index (κ2) is 7.19. The van der Waals surface area contributed by atoms with E-state index in [2.05, 4.69) is 96.0 Å². The fourth-order valence-electron chi connectivity index (χ4n) is 4.01. The number of rotatable bonds is 4. The Morgan fingerprint density at radius 1 is 0.964 bits per heavy atom. The van der Waals surface area contributed by atoms with Crippen LogP contribution in [-0.2, 0) is 11.8 Å². The van der Waals surface area contributed by atoms with Gasteiger partial charge in [0.15, 0.2) is 0 Å². The van der Waals surface area contributed by atoms with E-state index in [-0.39, 0.29) is 5.41 Å². The van der Waals surface area contributed by atoms with Gasteiger partial charge in [0.25, 0.3) is 0 Å². The summed E-state index contributed by atoms with van der Waals surface area (Å²) >= 11 is 6.67. The van der Waals surface area contributed by atoms with Gasteiger partial charge in [0.1, 0.15) is 13.8 Å². The molecule has 1 nitrogen and oxygen atoms in total. The zero-order valence-corrected chi connectivity index (χ0v) is 21.3. The Morgan fingerprint density at radius 2 is 1.64 bits per heavy atom. The lowest BCUT2D eigenvalue weighted by Gasteiger charge is -2.35. The van der Waals surface area contributed by atoms with Crippen molar-refractivity contribution in [1.82, 2.24) is 0 Å². The number of allylic oxidation sites excluding steroid dienone is 1. The lowest BCUT2D eigenvalue weighted by atomic mass is 9.86. The van der Waals surface area contributed by atoms with Gasteiger partial charge in [0.2, 0.25) is 8.32 Å². The molecule has 0 fully saturated rings. The van der Waals surface area contributed by atoms with E-state index < -0.39 is 16.4 Å². The molecule has 3 rings (SSSR count). The van der Waals surface area contributed by atoms with Crippen LogP contribution in [0.1, 0.15) is 37.5 Å². The number of halogens is 1. The number of hydrogen-bond donors (Lipinski definition) is 0. The van der Waals surface area contributed by atoms with E-state index in [0.29, 0.717) is 0 Å². The summed E-state index contributed by atoms with van der Waals surface area (Å²) in [7, 11) is -3.83. The van der Waals surface area contributed by atoms with Gasteiger partial charge in [-0.3, -0.25) is 0 Å². The molecule has 0 amide bonds. The molecule has 0 aromatic heterocycles. The minimum atomic E-state index is -2.04. The minimum Gasteiger partial charge on any atom is -0.544 e. The standard InChI is InChI=1S/C24H33ClOSi2/c1-24(2,3)20-15-18(25)16-22(23(20)26-27(4,5)6)28(7,8)21-14-10-12-17-11-9-13-19(17)21/h9-10,12-16H,11H2,1-8H3. The van der Waals surface area contributed by atoms with Crippen LogP contribution >= 0.6 is 11.6 Å². The average Bonchev–Trinajstić information content (AvgIpc) is 3.02. The van der Waals surface area contributed by atoms with Crippen molar-refractivity contribution in [3.8, 4) is 5.75 Å². The predicted octanol–water partition coefficient (Wildman–Crippen LogP) is 6.24. The molecular weight excluding hydrogens is 396 g/mol. The quantitative estimate of drug-likeness (QED) is 0.523. The summed E-state index contributed by atoms with van der Waals surface area (Å²) in [5, 5.41) is 3.61. The van der Waals surface area contributed by atoms with Gasteiger partial charge in [-0.05, 0) is 70.7 Å². The molecule has 0 radical (unpaired) electrons. The molecule has 2 aromatic rings. The number of fused-ring (bicyclic) bond motifs is 1. The highest BCUT2D eigenvalue weighted by Crippen LogP contribution is 2.35. The van der Waals surface area contributed by atoms with Gasteiger partial charge in [0, 0.05) is 5.02 Å². The highest BCUT2D eigenvalue weighted by molar-refractivity contribution is 7.01. The molecule has 0 aliphatic heterocycles. The Bertz CT molecular complexity index is 931. The van der Waals surface area contributed by atoms with Crippen molar-refractivity contribution in [2.24, 2.45) is 0 Å². The summed E-state index contributed by atoms with van der Waals surface area (Å²) in [5.41, 5.74) is 4.04. The van der Waals surface area contributed by atoms with E-state index in [9.17, 15) is 0 Å². The Hall–Kier alpha value is -1.30. The Balaban J connectivity index is 2.30. The maximum atomic E-state index is 6.77. The molecule has 2 aromatic carbocycles. The molecule has 0 N–H and O–H groups in total. The van der Waals surface area contributed by atoms with E-state index in [0.717, 1.165) is 17.2 Å². The van der Waals surface area contributed by atoms with Crippen LogP contribution in [-0.4, -0.2) is 16.4 Å². The summed E-state index contributed by atoms with van der Waals surface area (Å²) in [4.78, 5) is 0. The van der Waals surface area contributed by atoms with Crippen molar-refractivity contribution in [1.29, 1.82) is 0 Å². The molecule has 0 unspecified atom stereocenters. The van der Waals surface area contributed by atoms with Gasteiger partial charge in [-0.15, -0.1) is 0 Å². The summed E-state index contributed by atoms with van der Waals surface area (Å²) in [6.45, 7) is 18.4. The Morgan fingerprint density at radius 3 is 2.25 bits per heavy atom. The molecule has 28 heavy (non-hydrogen) atoms. The van der Waals surface area contributed by atoms with E-state index in [1.807, 2.05) is 0 Å². The van der Waals surface area contributed by atoms with Crippen molar-refractivity contribution in [2.45, 2.75) is 65.3 Å². The van der Waals surface area contributed by atoms with Crippen LogP contribution < -0.4 is 14.8 Å². The Labute approximate surface area is 177 Å². The number of benzene rings is 2. The fraction of sp³-hybridized carbons (Fsp3) is 0.417. The molecule has 0 saturated carbocycles. The molecule has 0 spiro atoms. The van der Waals surface area contributed by atoms with Gasteiger partial charge in [-0.1, -0.05) is 75.8 Å². The van der Waals surface area contributed by atoms with E-state index >= 15 is 0 Å². The highest BCUT2D eigenvalue weighted by Gasteiger charge is 2.36. The number of hydrogen-bond acceptors (Lipinski definition) is 1. The van der Waals surface area contributed by atoms with Gasteiger partial charge in [-0.2, -0.15) is 0 Å². The smallest absolute Gasteiger partial charge is 0.242 e. The molecule has 4 heteroatoms. The molecular formula is C24H33ClOSi2. The zero-order valence-electron chi connectivity index (χ0n) is 18.5. The zero-order chi connectivity index (χ0) is 20.9. The Kier molecular flexibility index (Phi) is 5.50. The van der Waals surface area contributed by atoms with Crippen molar-refractivity contribution in [3.05, 3.63) is 58.1 Å². The lowest BCUT2D eigenvalue weighted by molar-refractivity contribution is 0.511. The van der Waals surface area contributed by atoms with Crippen molar-refractivity contribution >= 4 is 44.4 Å². The average molecular weight is 429 g/mol. The van der Waals surface area contributed by atoms with Crippen molar-refractivity contribution in [2.75, 3.05) is 0 Å². The van der Waals surface area contributed by atoms with Crippen LogP contribution in [0.4, 0.5) is 0 Å². The molecule has 150 valence electrons. The largest absolute Gasteiger partial charge is 0.544 e. The molecule has 0 saturated heterocycles. The van der Waals surface area contributed by atoms with E-state index in [4.69, 9.17) is 16.0 Å². The van der Waals surface area contributed by atoms with Gasteiger partial charge in [0.05, 0.1) is 0 Å². The second-order valence-electron chi connectivity index (χ2n) is 10.4. The molecule has 0 heterocycles. The van der Waals surface area contributed by atoms with Crippen LogP contribution in [0.2, 0.25) is 37.8 Å². The monoisotopic (exact) mass is 428 g/mol. The fourth-order valence-corrected chi connectivity index (χ4v) is 8.25. The second-order valence-corrected chi connectivity index (χ2v) is 19.6. The molecule has 0 bridgehead atoms. The predicted molar refractivity (Wildman–Crippen MR) is 130 cm³/mol. The summed E-state index contributed by atoms with van der Waals surface area (Å²) < 4.78 is 6.77. The van der Waals surface area contributed by atoms with Gasteiger partial charge >= 0.3 is 0 Å². The highest BCUT2D eigenvalue weighted by atomic mass is 35.5. The third-order valence-electron chi connectivity index (χ3n) is 5.44. The molecule has 0 atom stereocenters. The van der Waals surface area contributed by atoms with Crippen LogP contribution in [0.5, 0.6) is 5.75 Å². The third-order valence-corrected chi connectivity index (χ3v) is 9.97. The third kappa shape index (κ3) is 4.17. The first-order chi connectivity index (χ1) is 12.8. The normalized spacial score (nSPS) is 14.3. The first-order valence-electron chi connectivity index (χ1n) is 10.1. The van der Waals surface area contributed by atoms with Crippen LogP contribution in [0.15, 0.2) is 36.4 Å². The first kappa shape index (κ1) is 21.4. The topological polar surface area (TPSA) is 9.23 Å². The SMILES string of the molecule is CC(C)(C)c1cc(Cl)cc([Si](C)(C)c2cccc3c2C=CC3)c1O[Si](C)(C)C. The summed E-state index contributed by atoms with van der Waals surface area (Å²) in [6.07, 6.45) is 5.61. The van der Waals surface area contributed by atoms with Crippen LogP contribution in [0, 0.1) is 0 Å². The lowest BCUT2D eigenvalue weighted by Crippen LogP contribution is -2.55. The van der Waals surface area contributed by atoms with E-state index in [1.165, 1.54) is 27.1 Å². The molecule has 1 aliphatic carbocycles. The van der Waals surface area contributed by atoms with Crippen LogP contribution in [0.25, 0.3) is 6.08 Å². The minimum absolute atomic E-state index is 0.0301. The maximum Gasteiger partial charge on any atom is 0.242 e. The molecule has 1 aliphatic rings. The van der Waals surface area contributed by atoms with Crippen molar-refractivity contribution < 1.29 is 4.43 Å². The summed E-state index contributed by atoms with van der Waals surface area (Å²) in [5.74, 6) is 1.09. The first-order valence-corrected chi connectivity index (χ1v) is 16.9.